The number of hydrogen-bond donors (Lipinski definition) is 0. The van der Waals surface area contributed by atoms with Gasteiger partial charge in [0.05, 0.1) is 6.10 Å². The molecular weight excluding hydrogens is 250 g/mol. The lowest BCUT2D eigenvalue weighted by molar-refractivity contribution is 0.161. The monoisotopic (exact) mass is 263 g/mol. The number of rotatable bonds is 2. The molecule has 1 heterocycles. The fourth-order valence-corrected chi connectivity index (χ4v) is 2.10. The van der Waals surface area contributed by atoms with Gasteiger partial charge < -0.3 is 4.74 Å². The summed E-state index contributed by atoms with van der Waals surface area (Å²) in [6.45, 7) is 0. The van der Waals surface area contributed by atoms with Crippen molar-refractivity contribution in [1.82, 2.24) is 4.98 Å². The minimum absolute atomic E-state index is 0.405. The Labute approximate surface area is 102 Å². The van der Waals surface area contributed by atoms with E-state index >= 15 is 0 Å². The van der Waals surface area contributed by atoms with E-state index in [4.69, 9.17) is 4.74 Å². The van der Waals surface area contributed by atoms with Crippen LogP contribution in [-0.4, -0.2) is 11.1 Å². The van der Waals surface area contributed by atoms with Gasteiger partial charge in [-0.3, -0.25) is 0 Å². The zero-order valence-electron chi connectivity index (χ0n) is 9.69. The Morgan fingerprint density at radius 1 is 0.833 bits per heavy atom. The number of halogens is 4. The fraction of sp³-hybridized carbons (Fsp3) is 0.583. The van der Waals surface area contributed by atoms with Gasteiger partial charge in [0.2, 0.25) is 17.4 Å². The molecule has 6 heteroatoms. The third kappa shape index (κ3) is 2.73. The van der Waals surface area contributed by atoms with Gasteiger partial charge in [0, 0.05) is 0 Å². The lowest BCUT2D eigenvalue weighted by Crippen LogP contribution is -2.18. The Kier molecular flexibility index (Phi) is 4.04. The Morgan fingerprint density at radius 2 is 1.33 bits per heavy atom. The van der Waals surface area contributed by atoms with Crippen LogP contribution in [0.2, 0.25) is 0 Å². The number of nitrogens with zero attached hydrogens (tertiary/aromatic N) is 1. The number of hydrogen-bond acceptors (Lipinski definition) is 2. The lowest BCUT2D eigenvalue weighted by atomic mass is 10.1. The molecule has 1 fully saturated rings. The molecule has 0 atom stereocenters. The first-order chi connectivity index (χ1) is 8.59. The van der Waals surface area contributed by atoms with Crippen molar-refractivity contribution in [2.75, 3.05) is 0 Å². The third-order valence-corrected chi connectivity index (χ3v) is 3.04. The summed E-state index contributed by atoms with van der Waals surface area (Å²) in [6, 6.07) is 0. The van der Waals surface area contributed by atoms with Crippen LogP contribution in [0.3, 0.4) is 0 Å². The van der Waals surface area contributed by atoms with Crippen molar-refractivity contribution in [3.63, 3.8) is 0 Å². The van der Waals surface area contributed by atoms with E-state index in [1.165, 1.54) is 0 Å². The molecule has 0 N–H and O–H groups in total. The zero-order chi connectivity index (χ0) is 13.1. The Morgan fingerprint density at radius 3 is 1.83 bits per heavy atom. The van der Waals surface area contributed by atoms with E-state index < -0.39 is 35.4 Å². The highest BCUT2D eigenvalue weighted by molar-refractivity contribution is 5.24. The summed E-state index contributed by atoms with van der Waals surface area (Å²) in [5, 5.41) is 0. The summed E-state index contributed by atoms with van der Waals surface area (Å²) in [5.41, 5.74) is 0. The number of pyridine rings is 1. The van der Waals surface area contributed by atoms with Gasteiger partial charge in [-0.2, -0.15) is 22.5 Å². The molecule has 0 spiro atoms. The predicted molar refractivity (Wildman–Crippen MR) is 56.2 cm³/mol. The summed E-state index contributed by atoms with van der Waals surface area (Å²) in [7, 11) is 0. The van der Waals surface area contributed by atoms with Gasteiger partial charge in [-0.25, -0.2) is 0 Å². The van der Waals surface area contributed by atoms with Crippen LogP contribution in [0.5, 0.6) is 5.75 Å². The molecule has 1 saturated carbocycles. The highest BCUT2D eigenvalue weighted by Crippen LogP contribution is 2.28. The van der Waals surface area contributed by atoms with Crippen LogP contribution in [0.4, 0.5) is 17.6 Å². The lowest BCUT2D eigenvalue weighted by Gasteiger charge is -2.17. The van der Waals surface area contributed by atoms with E-state index in [-0.39, 0.29) is 0 Å². The van der Waals surface area contributed by atoms with Crippen molar-refractivity contribution in [2.45, 2.75) is 44.6 Å². The summed E-state index contributed by atoms with van der Waals surface area (Å²) >= 11 is 0. The summed E-state index contributed by atoms with van der Waals surface area (Å²) in [6.07, 6.45) is 4.68. The molecular formula is C12H13F4NO. The van der Waals surface area contributed by atoms with Gasteiger partial charge >= 0.3 is 0 Å². The quantitative estimate of drug-likeness (QED) is 0.460. The van der Waals surface area contributed by atoms with E-state index in [2.05, 4.69) is 4.98 Å². The normalized spacial score (nSPS) is 17.6. The maximum atomic E-state index is 13.3. The fourth-order valence-electron chi connectivity index (χ4n) is 2.10. The van der Waals surface area contributed by atoms with Gasteiger partial charge in [-0.15, -0.1) is 0 Å². The number of aromatic nitrogens is 1. The molecule has 1 aliphatic rings. The van der Waals surface area contributed by atoms with Crippen molar-refractivity contribution in [3.8, 4) is 5.75 Å². The average Bonchev–Trinajstić information content (AvgIpc) is 2.61. The highest BCUT2D eigenvalue weighted by atomic mass is 19.2. The molecule has 0 aromatic carbocycles. The molecule has 1 aromatic heterocycles. The molecule has 100 valence electrons. The van der Waals surface area contributed by atoms with Crippen molar-refractivity contribution in [2.24, 2.45) is 0 Å². The molecule has 0 radical (unpaired) electrons. The van der Waals surface area contributed by atoms with Crippen molar-refractivity contribution in [3.05, 3.63) is 23.5 Å². The van der Waals surface area contributed by atoms with Crippen LogP contribution in [0.1, 0.15) is 38.5 Å². The van der Waals surface area contributed by atoms with E-state index in [0.717, 1.165) is 25.7 Å². The molecule has 2 rings (SSSR count). The van der Waals surface area contributed by atoms with Crippen LogP contribution in [0.25, 0.3) is 0 Å². The molecule has 0 saturated heterocycles. The average molecular weight is 263 g/mol. The summed E-state index contributed by atoms with van der Waals surface area (Å²) < 4.78 is 57.5. The first-order valence-corrected chi connectivity index (χ1v) is 5.96. The Balaban J connectivity index is 2.22. The van der Waals surface area contributed by atoms with Gasteiger partial charge in [-0.1, -0.05) is 12.8 Å². The molecule has 18 heavy (non-hydrogen) atoms. The van der Waals surface area contributed by atoms with Gasteiger partial charge in [0.25, 0.3) is 11.9 Å². The van der Waals surface area contributed by atoms with Crippen LogP contribution >= 0.6 is 0 Å². The summed E-state index contributed by atoms with van der Waals surface area (Å²) in [5.74, 6) is -7.50. The second-order valence-corrected chi connectivity index (χ2v) is 4.38. The van der Waals surface area contributed by atoms with Crippen LogP contribution < -0.4 is 4.74 Å². The summed E-state index contributed by atoms with van der Waals surface area (Å²) in [4.78, 5) is 2.48. The first-order valence-electron chi connectivity index (χ1n) is 5.96. The number of ether oxygens (including phenoxy) is 1. The molecule has 1 aromatic rings. The first kappa shape index (κ1) is 13.1. The molecule has 1 aliphatic carbocycles. The van der Waals surface area contributed by atoms with Crippen molar-refractivity contribution in [1.29, 1.82) is 0 Å². The molecule has 2 nitrogen and oxygen atoms in total. The van der Waals surface area contributed by atoms with Gasteiger partial charge in [0.1, 0.15) is 0 Å². The van der Waals surface area contributed by atoms with Gasteiger partial charge in [0.15, 0.2) is 0 Å². The molecule has 0 unspecified atom stereocenters. The predicted octanol–water partition coefficient (Wildman–Crippen LogP) is 3.74. The van der Waals surface area contributed by atoms with Crippen molar-refractivity contribution >= 4 is 0 Å². The van der Waals surface area contributed by atoms with E-state index in [1.54, 1.807) is 0 Å². The second kappa shape index (κ2) is 5.54. The van der Waals surface area contributed by atoms with Crippen molar-refractivity contribution < 1.29 is 22.3 Å². The maximum absolute atomic E-state index is 13.3. The van der Waals surface area contributed by atoms with E-state index in [1.807, 2.05) is 0 Å². The van der Waals surface area contributed by atoms with Crippen LogP contribution in [0.15, 0.2) is 0 Å². The standard InChI is InChI=1S/C12H13F4NO/c13-8-10(9(14)12(16)17-11(8)15)18-7-5-3-1-2-4-6-7/h7H,1-6H2. The zero-order valence-corrected chi connectivity index (χ0v) is 9.69. The molecule has 0 aliphatic heterocycles. The largest absolute Gasteiger partial charge is 0.484 e. The Hall–Kier alpha value is -1.33. The van der Waals surface area contributed by atoms with Gasteiger partial charge in [-0.05, 0) is 25.7 Å². The molecule has 0 amide bonds. The second-order valence-electron chi connectivity index (χ2n) is 4.38. The SMILES string of the molecule is Fc1nc(F)c(F)c(OC2CCCCCC2)c1F. The minimum atomic E-state index is -1.68. The topological polar surface area (TPSA) is 22.1 Å². The minimum Gasteiger partial charge on any atom is -0.484 e. The van der Waals surface area contributed by atoms with E-state index in [0.29, 0.717) is 12.8 Å². The molecule has 0 bridgehead atoms. The highest BCUT2D eigenvalue weighted by Gasteiger charge is 2.25. The maximum Gasteiger partial charge on any atom is 0.255 e. The smallest absolute Gasteiger partial charge is 0.255 e. The van der Waals surface area contributed by atoms with Crippen LogP contribution in [-0.2, 0) is 0 Å². The van der Waals surface area contributed by atoms with Crippen LogP contribution in [0, 0.1) is 23.5 Å². The Bertz CT molecular complexity index is 404. The third-order valence-electron chi connectivity index (χ3n) is 3.04. The van der Waals surface area contributed by atoms with E-state index in [9.17, 15) is 17.6 Å².